The molecule has 0 saturated carbocycles. The van der Waals surface area contributed by atoms with Gasteiger partial charge in [0.1, 0.15) is 0 Å². The lowest BCUT2D eigenvalue weighted by atomic mass is 10.0. The molecule has 144 valence electrons. The Morgan fingerprint density at radius 2 is 1.85 bits per heavy atom. The molecule has 0 bridgehead atoms. The molecule has 6 nitrogen and oxygen atoms in total. The number of nitrogens with zero attached hydrogens (tertiary/aromatic N) is 2. The van der Waals surface area contributed by atoms with Crippen molar-refractivity contribution in [2.24, 2.45) is 0 Å². The fraction of sp³-hybridized carbons (Fsp3) is 0.421. The molecule has 0 unspecified atom stereocenters. The van der Waals surface area contributed by atoms with Crippen LogP contribution in [-0.4, -0.2) is 38.3 Å². The lowest BCUT2D eigenvalue weighted by molar-refractivity contribution is 0.0956. The minimum atomic E-state index is -3.46. The van der Waals surface area contributed by atoms with E-state index in [9.17, 15) is 13.2 Å². The number of furan rings is 1. The Labute approximate surface area is 167 Å². The Hall–Kier alpha value is -1.64. The number of fused-ring (bicyclic) bond motifs is 1. The second kappa shape index (κ2) is 7.07. The molecule has 0 spiro atoms. The van der Waals surface area contributed by atoms with E-state index in [-0.39, 0.29) is 5.91 Å². The highest BCUT2D eigenvalue weighted by Crippen LogP contribution is 2.33. The second-order valence-corrected chi connectivity index (χ2v) is 9.74. The monoisotopic (exact) mass is 452 g/mol. The van der Waals surface area contributed by atoms with Crippen molar-refractivity contribution >= 4 is 37.5 Å². The fourth-order valence-electron chi connectivity index (χ4n) is 3.80. The van der Waals surface area contributed by atoms with Crippen molar-refractivity contribution in [2.75, 3.05) is 24.5 Å². The third-order valence-electron chi connectivity index (χ3n) is 5.20. The zero-order valence-corrected chi connectivity index (χ0v) is 17.5. The number of rotatable bonds is 3. The number of hydrogen-bond acceptors (Lipinski definition) is 4. The van der Waals surface area contributed by atoms with Gasteiger partial charge in [-0.05, 0) is 78.4 Å². The summed E-state index contributed by atoms with van der Waals surface area (Å²) in [6, 6.07) is 6.86. The Morgan fingerprint density at radius 3 is 2.52 bits per heavy atom. The predicted octanol–water partition coefficient (Wildman–Crippen LogP) is 3.73. The molecule has 1 aromatic heterocycles. The number of halogens is 1. The van der Waals surface area contributed by atoms with Crippen LogP contribution in [0.3, 0.4) is 0 Å². The van der Waals surface area contributed by atoms with Gasteiger partial charge in [-0.3, -0.25) is 4.79 Å². The van der Waals surface area contributed by atoms with E-state index in [2.05, 4.69) is 15.9 Å². The molecule has 1 aromatic carbocycles. The molecule has 2 aliphatic heterocycles. The van der Waals surface area contributed by atoms with Crippen LogP contribution in [0.1, 0.15) is 40.9 Å². The van der Waals surface area contributed by atoms with Crippen molar-refractivity contribution in [3.05, 3.63) is 45.8 Å². The average Bonchev–Trinajstić information content (AvgIpc) is 3.30. The van der Waals surface area contributed by atoms with Gasteiger partial charge in [0.15, 0.2) is 10.4 Å². The highest BCUT2D eigenvalue weighted by atomic mass is 79.9. The average molecular weight is 453 g/mol. The van der Waals surface area contributed by atoms with Crippen LogP contribution in [0.5, 0.6) is 0 Å². The Bertz CT molecular complexity index is 993. The summed E-state index contributed by atoms with van der Waals surface area (Å²) in [7, 11) is -3.46. The van der Waals surface area contributed by atoms with Crippen molar-refractivity contribution in [1.29, 1.82) is 0 Å². The standard InChI is InChI=1S/C19H21BrN2O4S/c1-13-11-17(20)26-18(13)19(23)22-10-4-5-14-12-15(6-7-16(14)22)27(24,25)21-8-2-3-9-21/h6-7,11-12H,2-5,8-10H2,1H3. The zero-order valence-electron chi connectivity index (χ0n) is 15.1. The highest BCUT2D eigenvalue weighted by molar-refractivity contribution is 9.10. The van der Waals surface area contributed by atoms with Crippen LogP contribution in [-0.2, 0) is 16.4 Å². The number of sulfonamides is 1. The molecule has 1 saturated heterocycles. The minimum Gasteiger partial charge on any atom is -0.444 e. The van der Waals surface area contributed by atoms with E-state index < -0.39 is 10.0 Å². The molecule has 3 heterocycles. The van der Waals surface area contributed by atoms with E-state index in [0.717, 1.165) is 42.5 Å². The molecule has 0 aliphatic carbocycles. The van der Waals surface area contributed by atoms with E-state index in [1.165, 1.54) is 0 Å². The summed E-state index contributed by atoms with van der Waals surface area (Å²) < 4.78 is 33.2. The summed E-state index contributed by atoms with van der Waals surface area (Å²) >= 11 is 3.26. The first-order valence-corrected chi connectivity index (χ1v) is 11.3. The van der Waals surface area contributed by atoms with Crippen LogP contribution < -0.4 is 4.90 Å². The highest BCUT2D eigenvalue weighted by Gasteiger charge is 2.31. The Morgan fingerprint density at radius 1 is 1.11 bits per heavy atom. The summed E-state index contributed by atoms with van der Waals surface area (Å²) in [5.41, 5.74) is 2.42. The van der Waals surface area contributed by atoms with Crippen molar-refractivity contribution in [3.63, 3.8) is 0 Å². The third kappa shape index (κ3) is 3.34. The smallest absolute Gasteiger partial charge is 0.294 e. The summed E-state index contributed by atoms with van der Waals surface area (Å²) in [6.45, 7) is 3.58. The van der Waals surface area contributed by atoms with Crippen LogP contribution in [0.25, 0.3) is 0 Å². The van der Waals surface area contributed by atoms with Gasteiger partial charge in [0.25, 0.3) is 5.91 Å². The van der Waals surface area contributed by atoms with E-state index in [1.54, 1.807) is 33.5 Å². The van der Waals surface area contributed by atoms with Crippen LogP contribution in [0.15, 0.2) is 38.2 Å². The number of carbonyl (C=O) groups is 1. The van der Waals surface area contributed by atoms with E-state index in [4.69, 9.17) is 4.42 Å². The normalized spacial score (nSPS) is 17.9. The second-order valence-electron chi connectivity index (χ2n) is 7.02. The van der Waals surface area contributed by atoms with Crippen molar-refractivity contribution in [1.82, 2.24) is 4.31 Å². The molecular weight excluding hydrogens is 432 g/mol. The molecular formula is C19H21BrN2O4S. The number of hydrogen-bond donors (Lipinski definition) is 0. The van der Waals surface area contributed by atoms with Gasteiger partial charge in [0.05, 0.1) is 4.90 Å². The van der Waals surface area contributed by atoms with Gasteiger partial charge in [0.2, 0.25) is 10.0 Å². The van der Waals surface area contributed by atoms with Crippen LogP contribution in [0, 0.1) is 6.92 Å². The molecule has 4 rings (SSSR count). The molecule has 1 fully saturated rings. The van der Waals surface area contributed by atoms with Gasteiger partial charge in [-0.25, -0.2) is 8.42 Å². The molecule has 2 aromatic rings. The first-order valence-electron chi connectivity index (χ1n) is 9.09. The maximum Gasteiger partial charge on any atom is 0.294 e. The van der Waals surface area contributed by atoms with E-state index >= 15 is 0 Å². The van der Waals surface area contributed by atoms with Crippen LogP contribution in [0.4, 0.5) is 5.69 Å². The van der Waals surface area contributed by atoms with Crippen LogP contribution >= 0.6 is 15.9 Å². The Kier molecular flexibility index (Phi) is 4.90. The molecule has 1 amide bonds. The van der Waals surface area contributed by atoms with E-state index in [0.29, 0.717) is 35.0 Å². The first-order chi connectivity index (χ1) is 12.9. The fourth-order valence-corrected chi connectivity index (χ4v) is 5.87. The number of aryl methyl sites for hydroxylation is 2. The topological polar surface area (TPSA) is 70.8 Å². The van der Waals surface area contributed by atoms with Crippen molar-refractivity contribution in [2.45, 2.75) is 37.5 Å². The summed E-state index contributed by atoms with van der Waals surface area (Å²) in [6.07, 6.45) is 3.35. The number of benzene rings is 1. The summed E-state index contributed by atoms with van der Waals surface area (Å²) in [5.74, 6) is 0.109. The summed E-state index contributed by atoms with van der Waals surface area (Å²) in [4.78, 5) is 15.0. The van der Waals surface area contributed by atoms with Gasteiger partial charge in [-0.1, -0.05) is 0 Å². The van der Waals surface area contributed by atoms with E-state index in [1.807, 2.05) is 6.92 Å². The van der Waals surface area contributed by atoms with Gasteiger partial charge in [-0.15, -0.1) is 0 Å². The van der Waals surface area contributed by atoms with Gasteiger partial charge in [0, 0.05) is 30.9 Å². The SMILES string of the molecule is Cc1cc(Br)oc1C(=O)N1CCCc2cc(S(=O)(=O)N3CCCC3)ccc21. The third-order valence-corrected chi connectivity index (χ3v) is 7.48. The molecule has 8 heteroatoms. The van der Waals surface area contributed by atoms with Crippen LogP contribution in [0.2, 0.25) is 0 Å². The number of carbonyl (C=O) groups excluding carboxylic acids is 1. The largest absolute Gasteiger partial charge is 0.444 e. The van der Waals surface area contributed by atoms with Gasteiger partial charge < -0.3 is 9.32 Å². The maximum atomic E-state index is 13.0. The van der Waals surface area contributed by atoms with Gasteiger partial charge in [-0.2, -0.15) is 4.31 Å². The number of anilines is 1. The molecule has 0 atom stereocenters. The molecule has 27 heavy (non-hydrogen) atoms. The zero-order chi connectivity index (χ0) is 19.2. The van der Waals surface area contributed by atoms with Crippen molar-refractivity contribution in [3.8, 4) is 0 Å². The predicted molar refractivity (Wildman–Crippen MR) is 106 cm³/mol. The van der Waals surface area contributed by atoms with Gasteiger partial charge >= 0.3 is 0 Å². The summed E-state index contributed by atoms with van der Waals surface area (Å²) in [5, 5.41) is 0. The lowest BCUT2D eigenvalue weighted by Crippen LogP contribution is -2.36. The quantitative estimate of drug-likeness (QED) is 0.710. The number of amides is 1. The lowest BCUT2D eigenvalue weighted by Gasteiger charge is -2.29. The maximum absolute atomic E-state index is 13.0. The minimum absolute atomic E-state index is 0.200. The first kappa shape index (κ1) is 18.7. The molecule has 2 aliphatic rings. The van der Waals surface area contributed by atoms with Crippen molar-refractivity contribution < 1.29 is 17.6 Å². The Balaban J connectivity index is 1.68. The molecule has 0 radical (unpaired) electrons. The molecule has 0 N–H and O–H groups in total.